The van der Waals surface area contributed by atoms with Gasteiger partial charge in [0.1, 0.15) is 6.04 Å². The van der Waals surface area contributed by atoms with Gasteiger partial charge in [0.2, 0.25) is 0 Å². The van der Waals surface area contributed by atoms with Crippen molar-refractivity contribution in [2.75, 3.05) is 26.9 Å². The lowest BCUT2D eigenvalue weighted by Gasteiger charge is -2.28. The number of amides is 2. The van der Waals surface area contributed by atoms with Crippen molar-refractivity contribution in [3.8, 4) is 0 Å². The molecule has 1 atom stereocenters. The van der Waals surface area contributed by atoms with E-state index >= 15 is 0 Å². The molecule has 0 spiro atoms. The zero-order chi connectivity index (χ0) is 14.8. The number of aliphatic carboxylic acids is 1. The Kier molecular flexibility index (Phi) is 8.90. The average molecular weight is 276 g/mol. The molecule has 0 aromatic rings. The van der Waals surface area contributed by atoms with Crippen LogP contribution in [0.4, 0.5) is 4.79 Å². The Bertz CT molecular complexity index is 283. The van der Waals surface area contributed by atoms with Gasteiger partial charge in [0.15, 0.2) is 0 Å². The molecule has 0 fully saturated rings. The van der Waals surface area contributed by atoms with Crippen LogP contribution in [-0.4, -0.2) is 66.1 Å². The highest BCUT2D eigenvalue weighted by atomic mass is 16.5. The number of aliphatic hydroxyl groups is 1. The number of hydrogen-bond acceptors (Lipinski definition) is 4. The minimum Gasteiger partial charge on any atom is -0.480 e. The molecular weight excluding hydrogens is 252 g/mol. The van der Waals surface area contributed by atoms with E-state index in [1.165, 1.54) is 12.0 Å². The summed E-state index contributed by atoms with van der Waals surface area (Å²) in [6.07, 6.45) is 0.672. The van der Waals surface area contributed by atoms with Gasteiger partial charge in [-0.05, 0) is 20.3 Å². The fourth-order valence-electron chi connectivity index (χ4n) is 1.56. The number of carbonyl (C=O) groups excluding carboxylic acids is 1. The minimum atomic E-state index is -1.09. The highest BCUT2D eigenvalue weighted by Gasteiger charge is 2.24. The first kappa shape index (κ1) is 17.7. The number of urea groups is 1. The number of ether oxygens (including phenoxy) is 1. The molecular formula is C12H24N2O5. The van der Waals surface area contributed by atoms with E-state index < -0.39 is 18.0 Å². The van der Waals surface area contributed by atoms with E-state index in [0.29, 0.717) is 13.0 Å². The predicted molar refractivity (Wildman–Crippen MR) is 70.0 cm³/mol. The number of nitrogens with zero attached hydrogens (tertiary/aromatic N) is 1. The Labute approximate surface area is 113 Å². The maximum absolute atomic E-state index is 12.0. The van der Waals surface area contributed by atoms with Gasteiger partial charge < -0.3 is 25.2 Å². The van der Waals surface area contributed by atoms with Gasteiger partial charge in [-0.1, -0.05) is 0 Å². The molecule has 0 radical (unpaired) electrons. The molecule has 0 rings (SSSR count). The second-order valence-corrected chi connectivity index (χ2v) is 4.49. The van der Waals surface area contributed by atoms with Crippen molar-refractivity contribution in [3.63, 3.8) is 0 Å². The fourth-order valence-corrected chi connectivity index (χ4v) is 1.56. The SMILES string of the molecule is COCCC(NC(=O)N(CCCO)C(C)C)C(=O)O. The molecule has 0 aromatic carbocycles. The second kappa shape index (κ2) is 9.57. The summed E-state index contributed by atoms with van der Waals surface area (Å²) in [4.78, 5) is 24.5. The summed E-state index contributed by atoms with van der Waals surface area (Å²) in [5.41, 5.74) is 0. The predicted octanol–water partition coefficient (Wildman–Crippen LogP) is 0.279. The molecule has 3 N–H and O–H groups in total. The number of hydrogen-bond donors (Lipinski definition) is 3. The van der Waals surface area contributed by atoms with Crippen LogP contribution in [-0.2, 0) is 9.53 Å². The number of carbonyl (C=O) groups is 2. The number of nitrogens with one attached hydrogen (secondary N) is 1. The topological polar surface area (TPSA) is 99.1 Å². The molecule has 0 saturated heterocycles. The lowest BCUT2D eigenvalue weighted by molar-refractivity contribution is -0.139. The normalized spacial score (nSPS) is 12.3. The summed E-state index contributed by atoms with van der Waals surface area (Å²) in [6, 6.07) is -1.47. The molecule has 2 amide bonds. The average Bonchev–Trinajstić information content (AvgIpc) is 2.34. The third-order valence-electron chi connectivity index (χ3n) is 2.65. The molecule has 19 heavy (non-hydrogen) atoms. The molecule has 0 bridgehead atoms. The minimum absolute atomic E-state index is 0.0114. The van der Waals surface area contributed by atoms with Crippen molar-refractivity contribution < 1.29 is 24.5 Å². The Morgan fingerprint density at radius 1 is 1.37 bits per heavy atom. The smallest absolute Gasteiger partial charge is 0.326 e. The monoisotopic (exact) mass is 276 g/mol. The molecule has 0 aliphatic rings. The molecule has 112 valence electrons. The second-order valence-electron chi connectivity index (χ2n) is 4.49. The Balaban J connectivity index is 4.52. The van der Waals surface area contributed by atoms with Gasteiger partial charge in [-0.2, -0.15) is 0 Å². The molecule has 1 unspecified atom stereocenters. The van der Waals surface area contributed by atoms with Crippen LogP contribution in [0.15, 0.2) is 0 Å². The largest absolute Gasteiger partial charge is 0.480 e. The number of methoxy groups -OCH3 is 1. The van der Waals surface area contributed by atoms with Crippen molar-refractivity contribution in [1.82, 2.24) is 10.2 Å². The molecule has 7 nitrogen and oxygen atoms in total. The first-order valence-electron chi connectivity index (χ1n) is 6.33. The van der Waals surface area contributed by atoms with Crippen LogP contribution in [0, 0.1) is 0 Å². The summed E-state index contributed by atoms with van der Waals surface area (Å²) in [5, 5.41) is 20.3. The molecule has 7 heteroatoms. The Morgan fingerprint density at radius 2 is 2.00 bits per heavy atom. The van der Waals surface area contributed by atoms with Crippen molar-refractivity contribution in [1.29, 1.82) is 0 Å². The van der Waals surface area contributed by atoms with Gasteiger partial charge in [-0.3, -0.25) is 0 Å². The van der Waals surface area contributed by atoms with Crippen molar-refractivity contribution >= 4 is 12.0 Å². The first-order valence-corrected chi connectivity index (χ1v) is 6.33. The van der Waals surface area contributed by atoms with E-state index in [1.54, 1.807) is 0 Å². The van der Waals surface area contributed by atoms with E-state index in [9.17, 15) is 9.59 Å². The van der Waals surface area contributed by atoms with Crippen LogP contribution in [0.5, 0.6) is 0 Å². The van der Waals surface area contributed by atoms with Gasteiger partial charge in [-0.15, -0.1) is 0 Å². The lowest BCUT2D eigenvalue weighted by Crippen LogP contribution is -2.50. The van der Waals surface area contributed by atoms with Gasteiger partial charge in [0.05, 0.1) is 0 Å². The van der Waals surface area contributed by atoms with E-state index in [2.05, 4.69) is 5.32 Å². The number of rotatable bonds is 9. The number of aliphatic hydroxyl groups excluding tert-OH is 1. The quantitative estimate of drug-likeness (QED) is 0.561. The summed E-state index contributed by atoms with van der Waals surface area (Å²) < 4.78 is 4.82. The molecule has 0 aromatic heterocycles. The van der Waals surface area contributed by atoms with Gasteiger partial charge in [-0.25, -0.2) is 9.59 Å². The highest BCUT2D eigenvalue weighted by Crippen LogP contribution is 2.03. The van der Waals surface area contributed by atoms with E-state index in [-0.39, 0.29) is 25.7 Å². The van der Waals surface area contributed by atoms with Crippen LogP contribution < -0.4 is 5.32 Å². The zero-order valence-electron chi connectivity index (χ0n) is 11.8. The fraction of sp³-hybridized carbons (Fsp3) is 0.833. The van der Waals surface area contributed by atoms with Crippen molar-refractivity contribution in [2.45, 2.75) is 38.8 Å². The molecule has 0 saturated carbocycles. The molecule has 0 heterocycles. The summed E-state index contributed by atoms with van der Waals surface area (Å²) >= 11 is 0. The first-order chi connectivity index (χ1) is 8.93. The van der Waals surface area contributed by atoms with Gasteiger partial charge >= 0.3 is 12.0 Å². The number of carboxylic acids is 1. The Hall–Kier alpha value is -1.34. The van der Waals surface area contributed by atoms with Crippen LogP contribution in [0.25, 0.3) is 0 Å². The van der Waals surface area contributed by atoms with Crippen molar-refractivity contribution in [2.24, 2.45) is 0 Å². The summed E-state index contributed by atoms with van der Waals surface area (Å²) in [6.45, 7) is 4.30. The van der Waals surface area contributed by atoms with Gasteiger partial charge in [0.25, 0.3) is 0 Å². The number of carboxylic acid groups (broad SMARTS) is 1. The third kappa shape index (κ3) is 6.97. The van der Waals surface area contributed by atoms with Crippen LogP contribution >= 0.6 is 0 Å². The maximum Gasteiger partial charge on any atom is 0.326 e. The summed E-state index contributed by atoms with van der Waals surface area (Å²) in [7, 11) is 1.47. The van der Waals surface area contributed by atoms with Gasteiger partial charge in [0, 0.05) is 39.3 Å². The highest BCUT2D eigenvalue weighted by molar-refractivity contribution is 5.82. The molecule has 0 aliphatic carbocycles. The Morgan fingerprint density at radius 3 is 2.42 bits per heavy atom. The standard InChI is InChI=1S/C12H24N2O5/c1-9(2)14(6-4-7-15)12(18)13-10(11(16)17)5-8-19-3/h9-10,15H,4-8H2,1-3H3,(H,13,18)(H,16,17). The third-order valence-corrected chi connectivity index (χ3v) is 2.65. The lowest BCUT2D eigenvalue weighted by atomic mass is 10.2. The van der Waals surface area contributed by atoms with Crippen molar-refractivity contribution in [3.05, 3.63) is 0 Å². The van der Waals surface area contributed by atoms with Crippen LogP contribution in [0.1, 0.15) is 26.7 Å². The zero-order valence-corrected chi connectivity index (χ0v) is 11.8. The van der Waals surface area contributed by atoms with E-state index in [0.717, 1.165) is 0 Å². The van der Waals surface area contributed by atoms with E-state index in [1.807, 2.05) is 13.8 Å². The van der Waals surface area contributed by atoms with E-state index in [4.69, 9.17) is 14.9 Å². The van der Waals surface area contributed by atoms with Crippen LogP contribution in [0.3, 0.4) is 0 Å². The maximum atomic E-state index is 12.0. The molecule has 0 aliphatic heterocycles. The van der Waals surface area contributed by atoms with Crippen LogP contribution in [0.2, 0.25) is 0 Å². The summed E-state index contributed by atoms with van der Waals surface area (Å²) in [5.74, 6) is -1.09.